The molecule has 0 bridgehead atoms. The van der Waals surface area contributed by atoms with Gasteiger partial charge in [0.2, 0.25) is 0 Å². The van der Waals surface area contributed by atoms with E-state index in [1.54, 1.807) is 0 Å². The Morgan fingerprint density at radius 3 is 3.00 bits per heavy atom. The van der Waals surface area contributed by atoms with Crippen molar-refractivity contribution >= 4 is 17.3 Å². The Labute approximate surface area is 102 Å². The maximum Gasteiger partial charge on any atom is 0.0640 e. The monoisotopic (exact) mass is 239 g/mol. The number of hydrogen-bond acceptors (Lipinski definition) is 2. The zero-order valence-electron chi connectivity index (χ0n) is 9.63. The maximum absolute atomic E-state index is 6.20. The highest BCUT2D eigenvalue weighted by Gasteiger charge is 2.13. The van der Waals surface area contributed by atoms with Gasteiger partial charge in [-0.3, -0.25) is 0 Å². The van der Waals surface area contributed by atoms with Crippen molar-refractivity contribution in [1.29, 1.82) is 0 Å². The predicted molar refractivity (Wildman–Crippen MR) is 68.3 cm³/mol. The fourth-order valence-electron chi connectivity index (χ4n) is 2.01. The molecule has 1 aromatic carbocycles. The summed E-state index contributed by atoms with van der Waals surface area (Å²) < 4.78 is 5.44. The quantitative estimate of drug-likeness (QED) is 0.851. The van der Waals surface area contributed by atoms with Gasteiger partial charge in [0.05, 0.1) is 10.7 Å². The summed E-state index contributed by atoms with van der Waals surface area (Å²) in [6, 6.07) is 6.63. The second-order valence-corrected chi connectivity index (χ2v) is 4.78. The molecule has 88 valence electrons. The topological polar surface area (TPSA) is 21.3 Å². The highest BCUT2D eigenvalue weighted by Crippen LogP contribution is 2.25. The summed E-state index contributed by atoms with van der Waals surface area (Å²) in [6.45, 7) is 3.79. The molecule has 1 atom stereocenters. The van der Waals surface area contributed by atoms with E-state index in [9.17, 15) is 0 Å². The van der Waals surface area contributed by atoms with Crippen LogP contribution in [0.15, 0.2) is 18.2 Å². The molecule has 0 spiro atoms. The van der Waals surface area contributed by atoms with Gasteiger partial charge in [-0.1, -0.05) is 17.7 Å². The third-order valence-corrected chi connectivity index (χ3v) is 3.25. The summed E-state index contributed by atoms with van der Waals surface area (Å²) in [5.74, 6) is 0. The van der Waals surface area contributed by atoms with Crippen LogP contribution in [-0.2, 0) is 4.74 Å². The first-order chi connectivity index (χ1) is 7.75. The Kier molecular flexibility index (Phi) is 4.08. The summed E-state index contributed by atoms with van der Waals surface area (Å²) in [6.07, 6.45) is 3.34. The number of anilines is 1. The molecule has 1 aliphatic heterocycles. The highest BCUT2D eigenvalue weighted by atomic mass is 35.5. The van der Waals surface area contributed by atoms with Gasteiger partial charge in [0.25, 0.3) is 0 Å². The Morgan fingerprint density at radius 2 is 2.19 bits per heavy atom. The van der Waals surface area contributed by atoms with Gasteiger partial charge in [0, 0.05) is 19.3 Å². The van der Waals surface area contributed by atoms with E-state index in [2.05, 4.69) is 24.4 Å². The van der Waals surface area contributed by atoms with Crippen molar-refractivity contribution in [2.45, 2.75) is 32.2 Å². The Hall–Kier alpha value is -0.730. The lowest BCUT2D eigenvalue weighted by atomic mass is 10.1. The molecule has 1 N–H and O–H groups in total. The maximum atomic E-state index is 6.20. The Balaban J connectivity index is 2.01. The van der Waals surface area contributed by atoms with Crippen molar-refractivity contribution in [3.8, 4) is 0 Å². The van der Waals surface area contributed by atoms with Crippen LogP contribution in [0.4, 0.5) is 5.69 Å². The van der Waals surface area contributed by atoms with E-state index in [0.29, 0.717) is 6.04 Å². The van der Waals surface area contributed by atoms with E-state index in [1.165, 1.54) is 5.56 Å². The molecule has 0 aromatic heterocycles. The van der Waals surface area contributed by atoms with E-state index in [4.69, 9.17) is 16.3 Å². The molecule has 1 fully saturated rings. The Morgan fingerprint density at radius 1 is 1.31 bits per heavy atom. The average Bonchev–Trinajstić information content (AvgIpc) is 2.51. The van der Waals surface area contributed by atoms with Crippen LogP contribution in [0, 0.1) is 6.92 Å². The van der Waals surface area contributed by atoms with Gasteiger partial charge in [-0.05, 0) is 43.9 Å². The first-order valence-electron chi connectivity index (χ1n) is 5.86. The van der Waals surface area contributed by atoms with Crippen molar-refractivity contribution in [3.05, 3.63) is 28.8 Å². The minimum atomic E-state index is 0.489. The van der Waals surface area contributed by atoms with Gasteiger partial charge < -0.3 is 10.1 Å². The van der Waals surface area contributed by atoms with Crippen LogP contribution in [0.5, 0.6) is 0 Å². The van der Waals surface area contributed by atoms with Crippen LogP contribution in [-0.4, -0.2) is 19.3 Å². The van der Waals surface area contributed by atoms with E-state index in [-0.39, 0.29) is 0 Å². The normalized spacial score (nSPS) is 21.5. The highest BCUT2D eigenvalue weighted by molar-refractivity contribution is 6.33. The number of nitrogens with one attached hydrogen (secondary N) is 1. The van der Waals surface area contributed by atoms with Crippen LogP contribution in [0.1, 0.15) is 24.8 Å². The molecular formula is C13H18ClNO. The smallest absolute Gasteiger partial charge is 0.0640 e. The van der Waals surface area contributed by atoms with Crippen LogP contribution in [0.2, 0.25) is 5.02 Å². The number of ether oxygens (including phenoxy) is 1. The van der Waals surface area contributed by atoms with E-state index in [0.717, 1.165) is 43.2 Å². The molecule has 0 amide bonds. The summed E-state index contributed by atoms with van der Waals surface area (Å²) in [5, 5.41) is 4.31. The van der Waals surface area contributed by atoms with Crippen LogP contribution in [0.3, 0.4) is 0 Å². The lowest BCUT2D eigenvalue weighted by Crippen LogP contribution is -2.19. The SMILES string of the molecule is Cc1ccc(NC2CCCOCC2)c(Cl)c1. The summed E-state index contributed by atoms with van der Waals surface area (Å²) >= 11 is 6.20. The van der Waals surface area contributed by atoms with Crippen LogP contribution in [0.25, 0.3) is 0 Å². The molecule has 0 aliphatic carbocycles. The fraction of sp³-hybridized carbons (Fsp3) is 0.538. The summed E-state index contributed by atoms with van der Waals surface area (Å²) in [7, 11) is 0. The molecule has 1 saturated heterocycles. The second kappa shape index (κ2) is 5.55. The van der Waals surface area contributed by atoms with Crippen molar-refractivity contribution in [3.63, 3.8) is 0 Å². The first-order valence-corrected chi connectivity index (χ1v) is 6.24. The number of hydrogen-bond donors (Lipinski definition) is 1. The molecule has 2 rings (SSSR count). The predicted octanol–water partition coefficient (Wildman–Crippen LogP) is 3.63. The standard InChI is InChI=1S/C13H18ClNO/c1-10-4-5-13(12(14)9-10)15-11-3-2-7-16-8-6-11/h4-5,9,11,15H,2-3,6-8H2,1H3. The largest absolute Gasteiger partial charge is 0.381 e. The van der Waals surface area contributed by atoms with Crippen molar-refractivity contribution in [2.75, 3.05) is 18.5 Å². The molecule has 1 unspecified atom stereocenters. The molecular weight excluding hydrogens is 222 g/mol. The molecule has 0 saturated carbocycles. The van der Waals surface area contributed by atoms with Gasteiger partial charge in [-0.2, -0.15) is 0 Å². The minimum absolute atomic E-state index is 0.489. The summed E-state index contributed by atoms with van der Waals surface area (Å²) in [4.78, 5) is 0. The fourth-order valence-corrected chi connectivity index (χ4v) is 2.29. The number of benzene rings is 1. The number of rotatable bonds is 2. The van der Waals surface area contributed by atoms with Crippen molar-refractivity contribution in [2.24, 2.45) is 0 Å². The van der Waals surface area contributed by atoms with Crippen molar-refractivity contribution < 1.29 is 4.74 Å². The number of aryl methyl sites for hydroxylation is 1. The molecule has 1 aromatic rings. The van der Waals surface area contributed by atoms with E-state index < -0.39 is 0 Å². The molecule has 16 heavy (non-hydrogen) atoms. The first kappa shape index (κ1) is 11.7. The molecule has 3 heteroatoms. The average molecular weight is 240 g/mol. The second-order valence-electron chi connectivity index (χ2n) is 4.37. The van der Waals surface area contributed by atoms with Gasteiger partial charge >= 0.3 is 0 Å². The molecule has 0 radical (unpaired) electrons. The van der Waals surface area contributed by atoms with E-state index in [1.807, 2.05) is 6.07 Å². The Bertz CT molecular complexity index is 346. The van der Waals surface area contributed by atoms with Gasteiger partial charge in [0.1, 0.15) is 0 Å². The molecule has 1 heterocycles. The van der Waals surface area contributed by atoms with Gasteiger partial charge in [0.15, 0.2) is 0 Å². The lowest BCUT2D eigenvalue weighted by molar-refractivity contribution is 0.144. The van der Waals surface area contributed by atoms with Crippen molar-refractivity contribution in [1.82, 2.24) is 0 Å². The van der Waals surface area contributed by atoms with Crippen LogP contribution >= 0.6 is 11.6 Å². The minimum Gasteiger partial charge on any atom is -0.381 e. The summed E-state index contributed by atoms with van der Waals surface area (Å²) in [5.41, 5.74) is 2.24. The van der Waals surface area contributed by atoms with Gasteiger partial charge in [-0.25, -0.2) is 0 Å². The third-order valence-electron chi connectivity index (χ3n) is 2.94. The molecule has 2 nitrogen and oxygen atoms in total. The zero-order chi connectivity index (χ0) is 11.4. The number of halogens is 1. The van der Waals surface area contributed by atoms with Gasteiger partial charge in [-0.15, -0.1) is 0 Å². The van der Waals surface area contributed by atoms with Crippen LogP contribution < -0.4 is 5.32 Å². The third kappa shape index (κ3) is 3.13. The lowest BCUT2D eigenvalue weighted by Gasteiger charge is -2.18. The zero-order valence-corrected chi connectivity index (χ0v) is 10.4. The van der Waals surface area contributed by atoms with E-state index >= 15 is 0 Å². The molecule has 1 aliphatic rings.